The maximum absolute atomic E-state index is 5.96. The Morgan fingerprint density at radius 2 is 2.30 bits per heavy atom. The van der Waals surface area contributed by atoms with E-state index in [0.717, 1.165) is 25.3 Å². The molecule has 2 aromatic rings. The van der Waals surface area contributed by atoms with Crippen LogP contribution in [0.3, 0.4) is 0 Å². The molecule has 0 bridgehead atoms. The quantitative estimate of drug-likeness (QED) is 0.598. The zero-order valence-electron chi connectivity index (χ0n) is 11.4. The average Bonchev–Trinajstić information content (AvgIpc) is 2.94. The van der Waals surface area contributed by atoms with Crippen LogP contribution in [0.15, 0.2) is 24.5 Å². The lowest BCUT2D eigenvalue weighted by molar-refractivity contribution is 0.128. The van der Waals surface area contributed by atoms with Crippen LogP contribution in [-0.2, 0) is 17.9 Å². The Labute approximate surface area is 123 Å². The van der Waals surface area contributed by atoms with E-state index in [-0.39, 0.29) is 0 Å². The lowest BCUT2D eigenvalue weighted by atomic mass is 10.4. The van der Waals surface area contributed by atoms with Crippen LogP contribution < -0.4 is 5.32 Å². The van der Waals surface area contributed by atoms with E-state index in [4.69, 9.17) is 16.3 Å². The smallest absolute Gasteiger partial charge is 0.158 e. The van der Waals surface area contributed by atoms with E-state index in [1.54, 1.807) is 12.3 Å². The fourth-order valence-electron chi connectivity index (χ4n) is 1.70. The monoisotopic (exact) mass is 295 g/mol. The van der Waals surface area contributed by atoms with Gasteiger partial charge in [0.05, 0.1) is 0 Å². The maximum atomic E-state index is 5.96. The number of aromatic nitrogens is 4. The van der Waals surface area contributed by atoms with Crippen LogP contribution in [0.25, 0.3) is 0 Å². The molecule has 0 radical (unpaired) electrons. The summed E-state index contributed by atoms with van der Waals surface area (Å²) in [6, 6.07) is 3.63. The number of nitrogens with zero attached hydrogens (tertiary/aromatic N) is 4. The van der Waals surface area contributed by atoms with Gasteiger partial charge >= 0.3 is 0 Å². The third-order valence-corrected chi connectivity index (χ3v) is 2.80. The van der Waals surface area contributed by atoms with Crippen molar-refractivity contribution in [1.82, 2.24) is 19.7 Å². The van der Waals surface area contributed by atoms with E-state index in [0.29, 0.717) is 24.2 Å². The van der Waals surface area contributed by atoms with Gasteiger partial charge in [0.25, 0.3) is 0 Å². The Morgan fingerprint density at radius 1 is 1.40 bits per heavy atom. The van der Waals surface area contributed by atoms with E-state index in [1.165, 1.54) is 0 Å². The van der Waals surface area contributed by atoms with Crippen molar-refractivity contribution in [2.24, 2.45) is 0 Å². The van der Waals surface area contributed by atoms with Gasteiger partial charge in [0.1, 0.15) is 17.6 Å². The lowest BCUT2D eigenvalue weighted by Crippen LogP contribution is -2.09. The normalized spacial score (nSPS) is 10.7. The molecule has 0 amide bonds. The number of nitrogens with one attached hydrogen (secondary N) is 1. The van der Waals surface area contributed by atoms with Crippen molar-refractivity contribution in [2.45, 2.75) is 26.5 Å². The summed E-state index contributed by atoms with van der Waals surface area (Å²) in [6.07, 6.45) is 4.67. The molecule has 0 fully saturated rings. The van der Waals surface area contributed by atoms with Crippen LogP contribution in [0, 0.1) is 0 Å². The van der Waals surface area contributed by atoms with Crippen molar-refractivity contribution in [3.8, 4) is 0 Å². The van der Waals surface area contributed by atoms with E-state index in [2.05, 4.69) is 20.4 Å². The molecule has 0 saturated heterocycles. The summed E-state index contributed by atoms with van der Waals surface area (Å²) in [5.41, 5.74) is 0. The molecule has 7 heteroatoms. The van der Waals surface area contributed by atoms with E-state index < -0.39 is 0 Å². The van der Waals surface area contributed by atoms with Crippen LogP contribution in [0.2, 0.25) is 5.15 Å². The molecule has 2 heterocycles. The summed E-state index contributed by atoms with van der Waals surface area (Å²) in [7, 11) is 0. The highest BCUT2D eigenvalue weighted by Gasteiger charge is 2.03. The third kappa shape index (κ3) is 4.79. The summed E-state index contributed by atoms with van der Waals surface area (Å²) in [4.78, 5) is 8.47. The maximum Gasteiger partial charge on any atom is 0.158 e. The van der Waals surface area contributed by atoms with Crippen LogP contribution in [0.4, 0.5) is 5.82 Å². The molecular weight excluding hydrogens is 278 g/mol. The van der Waals surface area contributed by atoms with Crippen LogP contribution in [-0.4, -0.2) is 32.9 Å². The second kappa shape index (κ2) is 7.81. The topological polar surface area (TPSA) is 64.9 Å². The molecule has 0 aromatic carbocycles. The van der Waals surface area contributed by atoms with Gasteiger partial charge in [0, 0.05) is 38.2 Å². The Balaban J connectivity index is 1.80. The van der Waals surface area contributed by atoms with Crippen molar-refractivity contribution in [3.05, 3.63) is 35.5 Å². The number of halogens is 1. The van der Waals surface area contributed by atoms with Crippen molar-refractivity contribution in [3.63, 3.8) is 0 Å². The molecule has 20 heavy (non-hydrogen) atoms. The number of ether oxygens (including phenoxy) is 1. The summed E-state index contributed by atoms with van der Waals surface area (Å²) in [5.74, 6) is 1.31. The van der Waals surface area contributed by atoms with Gasteiger partial charge in [-0.3, -0.25) is 4.68 Å². The highest BCUT2D eigenvalue weighted by Crippen LogP contribution is 2.12. The minimum atomic E-state index is 0.374. The fourth-order valence-corrected chi connectivity index (χ4v) is 1.90. The molecule has 0 aliphatic rings. The SMILES string of the molecule is CCOCc1nc(Cl)cc(NCCCn2cccn2)n1. The number of hydrogen-bond donors (Lipinski definition) is 1. The number of anilines is 1. The van der Waals surface area contributed by atoms with Gasteiger partial charge in [-0.25, -0.2) is 9.97 Å². The fraction of sp³-hybridized carbons (Fsp3) is 0.462. The Morgan fingerprint density at radius 3 is 3.05 bits per heavy atom. The number of rotatable bonds is 8. The van der Waals surface area contributed by atoms with Gasteiger partial charge in [-0.1, -0.05) is 11.6 Å². The summed E-state index contributed by atoms with van der Waals surface area (Å²) < 4.78 is 7.18. The molecule has 0 aliphatic carbocycles. The molecule has 1 N–H and O–H groups in total. The average molecular weight is 296 g/mol. The second-order valence-corrected chi connectivity index (χ2v) is 4.57. The van der Waals surface area contributed by atoms with E-state index in [1.807, 2.05) is 23.9 Å². The van der Waals surface area contributed by atoms with E-state index >= 15 is 0 Å². The van der Waals surface area contributed by atoms with Gasteiger partial charge < -0.3 is 10.1 Å². The summed E-state index contributed by atoms with van der Waals surface area (Å²) in [6.45, 7) is 4.59. The Kier molecular flexibility index (Phi) is 5.76. The highest BCUT2D eigenvalue weighted by molar-refractivity contribution is 6.29. The number of hydrogen-bond acceptors (Lipinski definition) is 5. The minimum absolute atomic E-state index is 0.374. The zero-order chi connectivity index (χ0) is 14.2. The predicted molar refractivity (Wildman–Crippen MR) is 77.7 cm³/mol. The standard InChI is InChI=1S/C13H18ClN5O/c1-2-20-10-13-17-11(14)9-12(18-13)15-5-3-7-19-8-4-6-16-19/h4,6,8-9H,2-3,5,7,10H2,1H3,(H,15,17,18). The van der Waals surface area contributed by atoms with Crippen molar-refractivity contribution >= 4 is 17.4 Å². The highest BCUT2D eigenvalue weighted by atomic mass is 35.5. The van der Waals surface area contributed by atoms with Crippen LogP contribution in [0.5, 0.6) is 0 Å². The first-order chi connectivity index (χ1) is 9.78. The number of aryl methyl sites for hydroxylation is 1. The minimum Gasteiger partial charge on any atom is -0.374 e. The van der Waals surface area contributed by atoms with Gasteiger partial charge in [0.15, 0.2) is 5.82 Å². The molecule has 0 atom stereocenters. The molecule has 6 nitrogen and oxygen atoms in total. The Bertz CT molecular complexity index is 517. The summed E-state index contributed by atoms with van der Waals surface area (Å²) in [5, 5.41) is 7.80. The molecular formula is C13H18ClN5O. The largest absolute Gasteiger partial charge is 0.374 e. The van der Waals surface area contributed by atoms with Gasteiger partial charge in [-0.15, -0.1) is 0 Å². The van der Waals surface area contributed by atoms with Gasteiger partial charge in [-0.2, -0.15) is 5.10 Å². The molecule has 2 rings (SSSR count). The van der Waals surface area contributed by atoms with Crippen LogP contribution >= 0.6 is 11.6 Å². The van der Waals surface area contributed by atoms with Crippen molar-refractivity contribution in [1.29, 1.82) is 0 Å². The molecule has 0 spiro atoms. The molecule has 0 unspecified atom stereocenters. The van der Waals surface area contributed by atoms with E-state index in [9.17, 15) is 0 Å². The first kappa shape index (κ1) is 14.7. The third-order valence-electron chi connectivity index (χ3n) is 2.61. The molecule has 0 saturated carbocycles. The lowest BCUT2D eigenvalue weighted by Gasteiger charge is -2.08. The zero-order valence-corrected chi connectivity index (χ0v) is 12.2. The molecule has 108 valence electrons. The molecule has 0 aliphatic heterocycles. The first-order valence-electron chi connectivity index (χ1n) is 6.60. The Hall–Kier alpha value is -1.66. The first-order valence-corrected chi connectivity index (χ1v) is 6.98. The molecule has 2 aromatic heterocycles. The van der Waals surface area contributed by atoms with Crippen molar-refractivity contribution < 1.29 is 4.74 Å². The van der Waals surface area contributed by atoms with Gasteiger partial charge in [0.2, 0.25) is 0 Å². The van der Waals surface area contributed by atoms with Crippen LogP contribution in [0.1, 0.15) is 19.2 Å². The van der Waals surface area contributed by atoms with Crippen molar-refractivity contribution in [2.75, 3.05) is 18.5 Å². The second-order valence-electron chi connectivity index (χ2n) is 4.18. The summed E-state index contributed by atoms with van der Waals surface area (Å²) >= 11 is 5.96. The van der Waals surface area contributed by atoms with Gasteiger partial charge in [-0.05, 0) is 19.4 Å². The predicted octanol–water partition coefficient (Wildman–Crippen LogP) is 2.37.